The zero-order chi connectivity index (χ0) is 13.0. The molecule has 0 radical (unpaired) electrons. The standard InChI is InChI=1S/C15H20BrNO/c1-15(8-2-3-9-15)14(18)17-11-13-6-4-12(10-16)5-7-13/h4-7H,2-3,8-11H2,1H3,(H,17,18). The van der Waals surface area contributed by atoms with E-state index in [1.165, 1.54) is 18.4 Å². The van der Waals surface area contributed by atoms with Crippen LogP contribution in [0, 0.1) is 5.41 Å². The number of benzene rings is 1. The molecule has 3 heteroatoms. The number of hydrogen-bond donors (Lipinski definition) is 1. The predicted octanol–water partition coefficient (Wildman–Crippen LogP) is 3.78. The predicted molar refractivity (Wildman–Crippen MR) is 77.5 cm³/mol. The molecular formula is C15H20BrNO. The number of amides is 1. The van der Waals surface area contributed by atoms with Gasteiger partial charge in [0.1, 0.15) is 0 Å². The lowest BCUT2D eigenvalue weighted by Crippen LogP contribution is -2.36. The van der Waals surface area contributed by atoms with Gasteiger partial charge in [-0.2, -0.15) is 0 Å². The number of nitrogens with one attached hydrogen (secondary N) is 1. The smallest absolute Gasteiger partial charge is 0.226 e. The van der Waals surface area contributed by atoms with Gasteiger partial charge in [0.2, 0.25) is 5.91 Å². The number of carbonyl (C=O) groups excluding carboxylic acids is 1. The van der Waals surface area contributed by atoms with Gasteiger partial charge in [-0.05, 0) is 24.0 Å². The minimum atomic E-state index is -0.129. The van der Waals surface area contributed by atoms with E-state index >= 15 is 0 Å². The number of carbonyl (C=O) groups is 1. The highest BCUT2D eigenvalue weighted by Gasteiger charge is 2.35. The average molecular weight is 310 g/mol. The second kappa shape index (κ2) is 5.87. The Hall–Kier alpha value is -0.830. The van der Waals surface area contributed by atoms with E-state index in [-0.39, 0.29) is 11.3 Å². The molecule has 1 aromatic rings. The topological polar surface area (TPSA) is 29.1 Å². The zero-order valence-electron chi connectivity index (χ0n) is 10.8. The fraction of sp³-hybridized carbons (Fsp3) is 0.533. The highest BCUT2D eigenvalue weighted by molar-refractivity contribution is 9.08. The highest BCUT2D eigenvalue weighted by atomic mass is 79.9. The van der Waals surface area contributed by atoms with Crippen molar-refractivity contribution in [3.63, 3.8) is 0 Å². The molecule has 1 amide bonds. The molecule has 2 nitrogen and oxygen atoms in total. The van der Waals surface area contributed by atoms with E-state index in [4.69, 9.17) is 0 Å². The van der Waals surface area contributed by atoms with Gasteiger partial charge in [-0.3, -0.25) is 4.79 Å². The molecule has 1 fully saturated rings. The quantitative estimate of drug-likeness (QED) is 0.843. The first-order valence-corrected chi connectivity index (χ1v) is 7.68. The SMILES string of the molecule is CC1(C(=O)NCc2ccc(CBr)cc2)CCCC1. The molecule has 0 spiro atoms. The van der Waals surface area contributed by atoms with Crippen LogP contribution >= 0.6 is 15.9 Å². The lowest BCUT2D eigenvalue weighted by atomic mass is 9.88. The van der Waals surface area contributed by atoms with Crippen molar-refractivity contribution in [3.8, 4) is 0 Å². The van der Waals surface area contributed by atoms with E-state index in [1.54, 1.807) is 0 Å². The molecule has 0 saturated heterocycles. The van der Waals surface area contributed by atoms with Gasteiger partial charge in [-0.1, -0.05) is 60.0 Å². The second-order valence-corrected chi connectivity index (χ2v) is 5.96. The molecule has 1 saturated carbocycles. The minimum absolute atomic E-state index is 0.129. The summed E-state index contributed by atoms with van der Waals surface area (Å²) in [7, 11) is 0. The lowest BCUT2D eigenvalue weighted by molar-refractivity contribution is -0.130. The number of hydrogen-bond acceptors (Lipinski definition) is 1. The molecular weight excluding hydrogens is 290 g/mol. The summed E-state index contributed by atoms with van der Waals surface area (Å²) in [6.07, 6.45) is 4.43. The summed E-state index contributed by atoms with van der Waals surface area (Å²) in [5.41, 5.74) is 2.29. The maximum Gasteiger partial charge on any atom is 0.226 e. The van der Waals surface area contributed by atoms with Crippen LogP contribution in [0.25, 0.3) is 0 Å². The van der Waals surface area contributed by atoms with Crippen LogP contribution in [0.15, 0.2) is 24.3 Å². The van der Waals surface area contributed by atoms with Crippen molar-refractivity contribution in [2.45, 2.75) is 44.5 Å². The van der Waals surface area contributed by atoms with Gasteiger partial charge in [0.25, 0.3) is 0 Å². The molecule has 18 heavy (non-hydrogen) atoms. The summed E-state index contributed by atoms with van der Waals surface area (Å²) in [5.74, 6) is 0.213. The van der Waals surface area contributed by atoms with E-state index in [0.29, 0.717) is 6.54 Å². The third kappa shape index (κ3) is 3.14. The first kappa shape index (κ1) is 13.6. The van der Waals surface area contributed by atoms with Crippen LogP contribution in [-0.4, -0.2) is 5.91 Å². The van der Waals surface area contributed by atoms with Gasteiger partial charge in [0.15, 0.2) is 0 Å². The average Bonchev–Trinajstić information content (AvgIpc) is 2.85. The van der Waals surface area contributed by atoms with Gasteiger partial charge in [-0.25, -0.2) is 0 Å². The summed E-state index contributed by atoms with van der Waals surface area (Å²) in [5, 5.41) is 3.94. The van der Waals surface area contributed by atoms with Crippen molar-refractivity contribution in [1.29, 1.82) is 0 Å². The Labute approximate surface area is 117 Å². The van der Waals surface area contributed by atoms with Crippen LogP contribution < -0.4 is 5.32 Å². The Bertz CT molecular complexity index is 407. The van der Waals surface area contributed by atoms with Crippen molar-refractivity contribution in [1.82, 2.24) is 5.32 Å². The van der Waals surface area contributed by atoms with Crippen LogP contribution in [0.1, 0.15) is 43.7 Å². The molecule has 0 unspecified atom stereocenters. The third-order valence-electron chi connectivity index (χ3n) is 3.89. The van der Waals surface area contributed by atoms with E-state index in [0.717, 1.165) is 23.7 Å². The Balaban J connectivity index is 1.88. The molecule has 0 heterocycles. The normalized spacial score (nSPS) is 17.7. The fourth-order valence-electron chi connectivity index (χ4n) is 2.52. The second-order valence-electron chi connectivity index (χ2n) is 5.40. The van der Waals surface area contributed by atoms with Crippen LogP contribution in [0.4, 0.5) is 0 Å². The van der Waals surface area contributed by atoms with Crippen molar-refractivity contribution in [2.75, 3.05) is 0 Å². The van der Waals surface area contributed by atoms with Crippen molar-refractivity contribution < 1.29 is 4.79 Å². The van der Waals surface area contributed by atoms with Gasteiger partial charge in [0.05, 0.1) is 0 Å². The summed E-state index contributed by atoms with van der Waals surface area (Å²) in [6, 6.07) is 8.34. The largest absolute Gasteiger partial charge is 0.352 e. The molecule has 0 aromatic heterocycles. The maximum absolute atomic E-state index is 12.1. The van der Waals surface area contributed by atoms with E-state index in [1.807, 2.05) is 0 Å². The molecule has 0 bridgehead atoms. The Morgan fingerprint density at radius 2 is 1.78 bits per heavy atom. The molecule has 0 atom stereocenters. The maximum atomic E-state index is 12.1. The lowest BCUT2D eigenvalue weighted by Gasteiger charge is -2.22. The molecule has 1 N–H and O–H groups in total. The van der Waals surface area contributed by atoms with Crippen LogP contribution in [0.2, 0.25) is 0 Å². The zero-order valence-corrected chi connectivity index (χ0v) is 12.4. The molecule has 0 aliphatic heterocycles. The monoisotopic (exact) mass is 309 g/mol. The van der Waals surface area contributed by atoms with Crippen LogP contribution in [0.5, 0.6) is 0 Å². The number of alkyl halides is 1. The molecule has 2 rings (SSSR count). The fourth-order valence-corrected chi connectivity index (χ4v) is 2.90. The summed E-state index contributed by atoms with van der Waals surface area (Å²) >= 11 is 3.43. The van der Waals surface area contributed by atoms with Gasteiger partial charge >= 0.3 is 0 Å². The van der Waals surface area contributed by atoms with Gasteiger partial charge < -0.3 is 5.32 Å². The van der Waals surface area contributed by atoms with E-state index in [2.05, 4.69) is 52.4 Å². The van der Waals surface area contributed by atoms with Crippen LogP contribution in [-0.2, 0) is 16.7 Å². The Kier molecular flexibility index (Phi) is 4.44. The van der Waals surface area contributed by atoms with Crippen molar-refractivity contribution >= 4 is 21.8 Å². The molecule has 1 aliphatic carbocycles. The van der Waals surface area contributed by atoms with Gasteiger partial charge in [-0.15, -0.1) is 0 Å². The first-order chi connectivity index (χ1) is 8.64. The first-order valence-electron chi connectivity index (χ1n) is 6.56. The van der Waals surface area contributed by atoms with E-state index in [9.17, 15) is 4.79 Å². The summed E-state index contributed by atoms with van der Waals surface area (Å²) in [4.78, 5) is 12.1. The van der Waals surface area contributed by atoms with Crippen molar-refractivity contribution in [3.05, 3.63) is 35.4 Å². The Morgan fingerprint density at radius 1 is 1.22 bits per heavy atom. The Morgan fingerprint density at radius 3 is 2.33 bits per heavy atom. The van der Waals surface area contributed by atoms with Crippen LogP contribution in [0.3, 0.4) is 0 Å². The number of rotatable bonds is 4. The van der Waals surface area contributed by atoms with E-state index < -0.39 is 0 Å². The molecule has 1 aliphatic rings. The van der Waals surface area contributed by atoms with Crippen molar-refractivity contribution in [2.24, 2.45) is 5.41 Å². The minimum Gasteiger partial charge on any atom is -0.352 e. The number of halogens is 1. The third-order valence-corrected chi connectivity index (χ3v) is 4.53. The molecule has 98 valence electrons. The summed E-state index contributed by atoms with van der Waals surface area (Å²) in [6.45, 7) is 2.72. The van der Waals surface area contributed by atoms with Gasteiger partial charge in [0, 0.05) is 17.3 Å². The highest BCUT2D eigenvalue weighted by Crippen LogP contribution is 2.37. The summed E-state index contributed by atoms with van der Waals surface area (Å²) < 4.78 is 0. The molecule has 1 aromatic carbocycles.